The Bertz CT molecular complexity index is 883. The number of carboxylic acids is 1. The highest BCUT2D eigenvalue weighted by Crippen LogP contribution is 2.32. The van der Waals surface area contributed by atoms with E-state index < -0.39 is 22.0 Å². The minimum Gasteiger partial charge on any atom is -0.480 e. The van der Waals surface area contributed by atoms with Crippen LogP contribution in [0.5, 0.6) is 0 Å². The van der Waals surface area contributed by atoms with Crippen LogP contribution < -0.4 is 4.31 Å². The van der Waals surface area contributed by atoms with E-state index in [4.69, 9.17) is 23.2 Å². The lowest BCUT2D eigenvalue weighted by molar-refractivity contribution is -0.137. The van der Waals surface area contributed by atoms with Gasteiger partial charge in [-0.15, -0.1) is 0 Å². The summed E-state index contributed by atoms with van der Waals surface area (Å²) in [5.74, 6) is -1.28. The molecule has 0 amide bonds. The number of hydrogen-bond donors (Lipinski definition) is 1. The number of halogens is 2. The first-order valence-corrected chi connectivity index (χ1v) is 9.13. The van der Waals surface area contributed by atoms with Crippen LogP contribution in [0.4, 0.5) is 5.69 Å². The van der Waals surface area contributed by atoms with Crippen LogP contribution in [-0.2, 0) is 14.8 Å². The first kappa shape index (κ1) is 18.6. The number of nitrogens with zero attached hydrogens (tertiary/aromatic N) is 1. The Morgan fingerprint density at radius 1 is 1.17 bits per heavy atom. The quantitative estimate of drug-likeness (QED) is 0.841. The van der Waals surface area contributed by atoms with E-state index in [-0.39, 0.29) is 20.6 Å². The Kier molecular flexibility index (Phi) is 5.42. The van der Waals surface area contributed by atoms with Crippen LogP contribution in [0.1, 0.15) is 12.5 Å². The summed E-state index contributed by atoms with van der Waals surface area (Å²) < 4.78 is 27.0. The third-order valence-electron chi connectivity index (χ3n) is 3.40. The van der Waals surface area contributed by atoms with Crippen molar-refractivity contribution < 1.29 is 18.3 Å². The molecule has 5 nitrogen and oxygen atoms in total. The van der Waals surface area contributed by atoms with Gasteiger partial charge in [-0.25, -0.2) is 13.2 Å². The van der Waals surface area contributed by atoms with E-state index in [1.54, 1.807) is 25.1 Å². The summed E-state index contributed by atoms with van der Waals surface area (Å²) in [6.45, 7) is 3.08. The summed E-state index contributed by atoms with van der Waals surface area (Å²) in [7, 11) is -4.23. The zero-order chi connectivity index (χ0) is 18.1. The molecule has 1 unspecified atom stereocenters. The summed E-state index contributed by atoms with van der Waals surface area (Å²) in [5, 5.41) is 9.50. The van der Waals surface area contributed by atoms with E-state index in [9.17, 15) is 18.3 Å². The van der Waals surface area contributed by atoms with Crippen molar-refractivity contribution >= 4 is 44.9 Å². The molecule has 8 heteroatoms. The van der Waals surface area contributed by atoms with E-state index >= 15 is 0 Å². The van der Waals surface area contributed by atoms with Gasteiger partial charge in [-0.05, 0) is 49.7 Å². The van der Waals surface area contributed by atoms with E-state index in [2.05, 4.69) is 0 Å². The molecule has 0 fully saturated rings. The molecule has 1 atom stereocenters. The van der Waals surface area contributed by atoms with Crippen LogP contribution in [0.2, 0.25) is 10.0 Å². The van der Waals surface area contributed by atoms with Crippen LogP contribution in [0.15, 0.2) is 47.4 Å². The van der Waals surface area contributed by atoms with E-state index in [0.717, 1.165) is 9.87 Å². The van der Waals surface area contributed by atoms with Gasteiger partial charge in [0.1, 0.15) is 10.9 Å². The molecule has 0 aromatic heterocycles. The minimum atomic E-state index is -4.23. The summed E-state index contributed by atoms with van der Waals surface area (Å²) in [4.78, 5) is 11.2. The van der Waals surface area contributed by atoms with Crippen molar-refractivity contribution in [3.05, 3.63) is 58.1 Å². The second kappa shape index (κ2) is 7.01. The fraction of sp³-hybridized carbons (Fsp3) is 0.188. The van der Waals surface area contributed by atoms with Crippen molar-refractivity contribution in [2.45, 2.75) is 24.8 Å². The highest BCUT2D eigenvalue weighted by atomic mass is 35.5. The lowest BCUT2D eigenvalue weighted by Gasteiger charge is -2.28. The molecule has 128 valence electrons. The van der Waals surface area contributed by atoms with Crippen molar-refractivity contribution in [3.63, 3.8) is 0 Å². The third-order valence-corrected chi connectivity index (χ3v) is 6.01. The third kappa shape index (κ3) is 3.66. The van der Waals surface area contributed by atoms with Gasteiger partial charge in [0.15, 0.2) is 0 Å². The van der Waals surface area contributed by atoms with Gasteiger partial charge in [-0.1, -0.05) is 35.3 Å². The smallest absolute Gasteiger partial charge is 0.327 e. The number of rotatable bonds is 5. The molecule has 2 aromatic carbocycles. The number of carbonyl (C=O) groups is 1. The normalized spacial score (nSPS) is 12.7. The van der Waals surface area contributed by atoms with Crippen molar-refractivity contribution in [2.24, 2.45) is 0 Å². The fourth-order valence-electron chi connectivity index (χ4n) is 2.22. The Labute approximate surface area is 150 Å². The van der Waals surface area contributed by atoms with Gasteiger partial charge in [-0.2, -0.15) is 0 Å². The van der Waals surface area contributed by atoms with Gasteiger partial charge >= 0.3 is 5.97 Å². The zero-order valence-corrected chi connectivity index (χ0v) is 15.2. The first-order chi connectivity index (χ1) is 11.1. The second-order valence-corrected chi connectivity index (χ2v) is 7.86. The maximum absolute atomic E-state index is 13.1. The van der Waals surface area contributed by atoms with Crippen LogP contribution in [-0.4, -0.2) is 25.5 Å². The average molecular weight is 388 g/mol. The Morgan fingerprint density at radius 3 is 2.42 bits per heavy atom. The van der Waals surface area contributed by atoms with E-state index in [1.165, 1.54) is 31.2 Å². The van der Waals surface area contributed by atoms with Gasteiger partial charge < -0.3 is 5.11 Å². The highest BCUT2D eigenvalue weighted by Gasteiger charge is 2.34. The number of anilines is 1. The average Bonchev–Trinajstić information content (AvgIpc) is 2.49. The molecule has 0 aliphatic carbocycles. The van der Waals surface area contributed by atoms with Gasteiger partial charge in [0.2, 0.25) is 0 Å². The molecule has 24 heavy (non-hydrogen) atoms. The fourth-order valence-corrected chi connectivity index (χ4v) is 4.56. The first-order valence-electron chi connectivity index (χ1n) is 6.93. The van der Waals surface area contributed by atoms with Crippen molar-refractivity contribution in [1.29, 1.82) is 0 Å². The largest absolute Gasteiger partial charge is 0.480 e. The molecule has 0 aliphatic rings. The monoisotopic (exact) mass is 387 g/mol. The number of benzene rings is 2. The van der Waals surface area contributed by atoms with Gasteiger partial charge in [0, 0.05) is 5.02 Å². The van der Waals surface area contributed by atoms with Crippen LogP contribution in [0, 0.1) is 6.92 Å². The maximum atomic E-state index is 13.1. The molecular formula is C16H15Cl2NO4S. The second-order valence-electron chi connectivity index (χ2n) is 5.23. The van der Waals surface area contributed by atoms with Crippen molar-refractivity contribution in [2.75, 3.05) is 4.31 Å². The van der Waals surface area contributed by atoms with Gasteiger partial charge in [0.25, 0.3) is 10.0 Å². The highest BCUT2D eigenvalue weighted by molar-refractivity contribution is 7.93. The molecular weight excluding hydrogens is 373 g/mol. The summed E-state index contributed by atoms with van der Waals surface area (Å²) in [6.07, 6.45) is 0. The Hall–Kier alpha value is -1.76. The minimum absolute atomic E-state index is 0.0327. The number of aryl methyl sites for hydroxylation is 1. The molecule has 0 spiro atoms. The van der Waals surface area contributed by atoms with Gasteiger partial charge in [0.05, 0.1) is 10.7 Å². The lowest BCUT2D eigenvalue weighted by atomic mass is 10.2. The molecule has 1 N–H and O–H groups in total. The van der Waals surface area contributed by atoms with Crippen LogP contribution >= 0.6 is 23.2 Å². The van der Waals surface area contributed by atoms with Gasteiger partial charge in [-0.3, -0.25) is 4.31 Å². The van der Waals surface area contributed by atoms with Crippen LogP contribution in [0.3, 0.4) is 0 Å². The van der Waals surface area contributed by atoms with Crippen molar-refractivity contribution in [1.82, 2.24) is 0 Å². The summed E-state index contributed by atoms with van der Waals surface area (Å²) in [6, 6.07) is 9.26. The topological polar surface area (TPSA) is 74.7 Å². The summed E-state index contributed by atoms with van der Waals surface area (Å²) in [5.41, 5.74) is 1.03. The molecule has 0 heterocycles. The zero-order valence-electron chi connectivity index (χ0n) is 12.9. The van der Waals surface area contributed by atoms with E-state index in [0.29, 0.717) is 0 Å². The molecule has 0 radical (unpaired) electrons. The van der Waals surface area contributed by atoms with Crippen molar-refractivity contribution in [3.8, 4) is 0 Å². The molecule has 2 rings (SSSR count). The molecule has 0 aliphatic heterocycles. The predicted octanol–water partition coefficient (Wildman–Crippen LogP) is 3.97. The number of carboxylic acid groups (broad SMARTS) is 1. The molecule has 2 aromatic rings. The standard InChI is InChI=1S/C16H15Cl2NO4S/c1-10-4-3-5-13(8-10)19(11(2)16(20)21)24(22,23)15-9-12(17)6-7-14(15)18/h3-9,11H,1-2H3,(H,20,21). The Morgan fingerprint density at radius 2 is 1.83 bits per heavy atom. The van der Waals surface area contributed by atoms with Crippen LogP contribution in [0.25, 0.3) is 0 Å². The number of sulfonamides is 1. The molecule has 0 bridgehead atoms. The SMILES string of the molecule is Cc1cccc(N(C(C)C(=O)O)S(=O)(=O)c2cc(Cl)ccc2Cl)c1. The molecule has 0 saturated heterocycles. The summed E-state index contributed by atoms with van der Waals surface area (Å²) >= 11 is 11.9. The predicted molar refractivity (Wildman–Crippen MR) is 94.4 cm³/mol. The van der Waals surface area contributed by atoms with E-state index in [1.807, 2.05) is 0 Å². The number of aliphatic carboxylic acids is 1. The molecule has 0 saturated carbocycles. The lowest BCUT2D eigenvalue weighted by Crippen LogP contribution is -2.43. The Balaban J connectivity index is 2.70. The number of hydrogen-bond acceptors (Lipinski definition) is 3. The maximum Gasteiger partial charge on any atom is 0.327 e.